The van der Waals surface area contributed by atoms with Crippen LogP contribution in [0.3, 0.4) is 0 Å². The number of hydrogen-bond donors (Lipinski definition) is 2. The molecule has 7 atom stereocenters. The molecule has 0 radical (unpaired) electrons. The van der Waals surface area contributed by atoms with Gasteiger partial charge < -0.3 is 14.9 Å². The number of rotatable bonds is 1. The molecule has 5 nitrogen and oxygen atoms in total. The summed E-state index contributed by atoms with van der Waals surface area (Å²) in [5.41, 5.74) is -2.41. The normalized spacial score (nSPS) is 51.3. The van der Waals surface area contributed by atoms with Crippen molar-refractivity contribution in [1.82, 2.24) is 0 Å². The molecule has 3 aliphatic rings. The van der Waals surface area contributed by atoms with E-state index < -0.39 is 17.1 Å². The second-order valence-corrected chi connectivity index (χ2v) is 8.93. The van der Waals surface area contributed by atoms with Crippen molar-refractivity contribution in [2.45, 2.75) is 71.7 Å². The van der Waals surface area contributed by atoms with E-state index in [1.165, 1.54) is 6.92 Å². The molecule has 23 heavy (non-hydrogen) atoms. The number of aliphatic hydroxyl groups is 2. The van der Waals surface area contributed by atoms with Gasteiger partial charge in [0.15, 0.2) is 5.78 Å². The molecule has 130 valence electrons. The maximum Gasteiger partial charge on any atom is 0.302 e. The SMILES string of the molecule is CC(=O)O[C@H]1C[C@@H](C)[C@@H]2CC(=O)[C@H](O)[C@@]3(C)CC(C)(C)[C@H]1[C@]23O. The maximum absolute atomic E-state index is 12.4. The molecule has 0 aromatic carbocycles. The lowest BCUT2D eigenvalue weighted by atomic mass is 9.50. The highest BCUT2D eigenvalue weighted by Gasteiger charge is 2.76. The van der Waals surface area contributed by atoms with Gasteiger partial charge in [0.05, 0.1) is 5.60 Å². The van der Waals surface area contributed by atoms with E-state index in [1.54, 1.807) is 0 Å². The number of Topliss-reactive ketones (excluding diaryl/α,β-unsaturated/α-hetero) is 1. The van der Waals surface area contributed by atoms with Gasteiger partial charge in [0.1, 0.15) is 12.2 Å². The third kappa shape index (κ3) is 1.99. The summed E-state index contributed by atoms with van der Waals surface area (Å²) in [5.74, 6) is -0.919. The van der Waals surface area contributed by atoms with Crippen molar-refractivity contribution in [3.8, 4) is 0 Å². The van der Waals surface area contributed by atoms with Crippen molar-refractivity contribution >= 4 is 11.8 Å². The van der Waals surface area contributed by atoms with Crippen molar-refractivity contribution in [3.05, 3.63) is 0 Å². The first-order chi connectivity index (χ1) is 10.4. The monoisotopic (exact) mass is 324 g/mol. The van der Waals surface area contributed by atoms with Gasteiger partial charge in [-0.25, -0.2) is 0 Å². The molecular formula is C18H28O5. The van der Waals surface area contributed by atoms with Crippen LogP contribution in [0.25, 0.3) is 0 Å². The molecule has 5 heteroatoms. The standard InChI is InChI=1S/C18H28O5/c1-9-6-13(23-10(2)19)14-16(3,4)8-17(5)15(21)12(20)7-11(9)18(14,17)22/h9,11,13-15,21-22H,6-8H2,1-5H3/t9-,11+,13+,14+,15+,17-,18-/m1/s1. The Kier molecular flexibility index (Phi) is 3.52. The van der Waals surface area contributed by atoms with Gasteiger partial charge >= 0.3 is 5.97 Å². The number of carbonyl (C=O) groups is 2. The fourth-order valence-electron chi connectivity index (χ4n) is 6.38. The van der Waals surface area contributed by atoms with Crippen molar-refractivity contribution < 1.29 is 24.5 Å². The molecule has 3 fully saturated rings. The zero-order valence-electron chi connectivity index (χ0n) is 14.6. The Bertz CT molecular complexity index is 556. The summed E-state index contributed by atoms with van der Waals surface area (Å²) in [4.78, 5) is 23.9. The molecule has 3 saturated carbocycles. The zero-order valence-corrected chi connectivity index (χ0v) is 14.6. The summed E-state index contributed by atoms with van der Waals surface area (Å²) in [7, 11) is 0. The van der Waals surface area contributed by atoms with Gasteiger partial charge in [0, 0.05) is 24.7 Å². The summed E-state index contributed by atoms with van der Waals surface area (Å²) in [6, 6.07) is 0. The molecule has 0 heterocycles. The Balaban J connectivity index is 2.15. The van der Waals surface area contributed by atoms with Gasteiger partial charge in [-0.2, -0.15) is 0 Å². The Morgan fingerprint density at radius 1 is 1.30 bits per heavy atom. The first kappa shape index (κ1) is 16.9. The summed E-state index contributed by atoms with van der Waals surface area (Å²) in [5, 5.41) is 22.4. The van der Waals surface area contributed by atoms with Crippen LogP contribution in [0.1, 0.15) is 53.9 Å². The van der Waals surface area contributed by atoms with Gasteiger partial charge in [0.25, 0.3) is 0 Å². The van der Waals surface area contributed by atoms with Crippen LogP contribution in [-0.2, 0) is 14.3 Å². The van der Waals surface area contributed by atoms with E-state index in [2.05, 4.69) is 0 Å². The van der Waals surface area contributed by atoms with Crippen LogP contribution in [0.2, 0.25) is 0 Å². The third-order valence-electron chi connectivity index (χ3n) is 6.93. The minimum absolute atomic E-state index is 0.0604. The van der Waals surface area contributed by atoms with Crippen LogP contribution in [0.4, 0.5) is 0 Å². The van der Waals surface area contributed by atoms with Gasteiger partial charge in [-0.3, -0.25) is 9.59 Å². The number of esters is 1. The molecule has 0 amide bonds. The average Bonchev–Trinajstić information content (AvgIpc) is 2.56. The molecule has 0 bridgehead atoms. The minimum atomic E-state index is -1.19. The topological polar surface area (TPSA) is 83.8 Å². The third-order valence-corrected chi connectivity index (χ3v) is 6.93. The van der Waals surface area contributed by atoms with Crippen LogP contribution in [0.5, 0.6) is 0 Å². The second kappa shape index (κ2) is 4.79. The van der Waals surface area contributed by atoms with Crippen LogP contribution >= 0.6 is 0 Å². The molecule has 3 rings (SSSR count). The fraction of sp³-hybridized carbons (Fsp3) is 0.889. The van der Waals surface area contributed by atoms with Crippen LogP contribution in [0, 0.1) is 28.6 Å². The Morgan fingerprint density at radius 2 is 1.91 bits per heavy atom. The van der Waals surface area contributed by atoms with E-state index >= 15 is 0 Å². The lowest BCUT2D eigenvalue weighted by Crippen LogP contribution is -2.69. The molecule has 0 aromatic rings. The number of carbonyl (C=O) groups excluding carboxylic acids is 2. The molecule has 0 aromatic heterocycles. The summed E-state index contributed by atoms with van der Waals surface area (Å²) >= 11 is 0. The van der Waals surface area contributed by atoms with Gasteiger partial charge in [-0.05, 0) is 30.1 Å². The average molecular weight is 324 g/mol. The molecule has 0 unspecified atom stereocenters. The highest BCUT2D eigenvalue weighted by Crippen LogP contribution is 2.70. The van der Waals surface area contributed by atoms with E-state index in [0.29, 0.717) is 12.8 Å². The minimum Gasteiger partial charge on any atom is -0.462 e. The molecule has 0 spiro atoms. The predicted octanol–water partition coefficient (Wildman–Crippen LogP) is 1.69. The molecule has 3 aliphatic carbocycles. The number of aliphatic hydroxyl groups excluding tert-OH is 1. The summed E-state index contributed by atoms with van der Waals surface area (Å²) in [6.07, 6.45) is -0.138. The van der Waals surface area contributed by atoms with E-state index in [0.717, 1.165) is 0 Å². The Hall–Kier alpha value is -0.940. The number of ketones is 1. The highest BCUT2D eigenvalue weighted by molar-refractivity contribution is 5.86. The summed E-state index contributed by atoms with van der Waals surface area (Å²) in [6.45, 7) is 9.31. The molecule has 2 N–H and O–H groups in total. The predicted molar refractivity (Wildman–Crippen MR) is 83.4 cm³/mol. The van der Waals surface area contributed by atoms with Crippen LogP contribution in [-0.4, -0.2) is 39.8 Å². The van der Waals surface area contributed by atoms with Crippen molar-refractivity contribution in [3.63, 3.8) is 0 Å². The largest absolute Gasteiger partial charge is 0.462 e. The Morgan fingerprint density at radius 3 is 2.48 bits per heavy atom. The summed E-state index contributed by atoms with van der Waals surface area (Å²) < 4.78 is 5.58. The van der Waals surface area contributed by atoms with E-state index in [-0.39, 0.29) is 47.4 Å². The number of ether oxygens (including phenoxy) is 1. The molecule has 0 saturated heterocycles. The number of hydrogen-bond acceptors (Lipinski definition) is 5. The van der Waals surface area contributed by atoms with Gasteiger partial charge in [0.2, 0.25) is 0 Å². The van der Waals surface area contributed by atoms with Gasteiger partial charge in [-0.15, -0.1) is 0 Å². The molecular weight excluding hydrogens is 296 g/mol. The van der Waals surface area contributed by atoms with Gasteiger partial charge in [-0.1, -0.05) is 27.7 Å². The second-order valence-electron chi connectivity index (χ2n) is 8.93. The van der Waals surface area contributed by atoms with Crippen LogP contribution < -0.4 is 0 Å². The first-order valence-electron chi connectivity index (χ1n) is 8.55. The lowest BCUT2D eigenvalue weighted by Gasteiger charge is -2.59. The first-order valence-corrected chi connectivity index (χ1v) is 8.55. The molecule has 0 aliphatic heterocycles. The van der Waals surface area contributed by atoms with Crippen LogP contribution in [0.15, 0.2) is 0 Å². The smallest absolute Gasteiger partial charge is 0.302 e. The van der Waals surface area contributed by atoms with Crippen molar-refractivity contribution in [2.75, 3.05) is 0 Å². The maximum atomic E-state index is 12.4. The lowest BCUT2D eigenvalue weighted by molar-refractivity contribution is -0.241. The quantitative estimate of drug-likeness (QED) is 0.717. The fourth-order valence-corrected chi connectivity index (χ4v) is 6.38. The van der Waals surface area contributed by atoms with E-state index in [1.807, 2.05) is 27.7 Å². The Labute approximate surface area is 137 Å². The highest BCUT2D eigenvalue weighted by atomic mass is 16.5. The zero-order chi connectivity index (χ0) is 17.4. The van der Waals surface area contributed by atoms with Crippen molar-refractivity contribution in [2.24, 2.45) is 28.6 Å². The van der Waals surface area contributed by atoms with E-state index in [9.17, 15) is 19.8 Å². The van der Waals surface area contributed by atoms with E-state index in [4.69, 9.17) is 4.74 Å². The van der Waals surface area contributed by atoms with Crippen molar-refractivity contribution in [1.29, 1.82) is 0 Å².